The first-order chi connectivity index (χ1) is 14.1. The van der Waals surface area contributed by atoms with Gasteiger partial charge in [0.25, 0.3) is 5.91 Å². The second-order valence-electron chi connectivity index (χ2n) is 6.67. The summed E-state index contributed by atoms with van der Waals surface area (Å²) in [5, 5.41) is 18.5. The largest absolute Gasteiger partial charge is 0.478 e. The minimum Gasteiger partial charge on any atom is -0.478 e. The SMILES string of the molecule is O=C(O)c1ccc(N2C(=O)c3[nH]nc(-c4ccccc4)c3[C@@H]2c2cccs2)cc1. The van der Waals surface area contributed by atoms with E-state index >= 15 is 0 Å². The summed E-state index contributed by atoms with van der Waals surface area (Å²) in [6.45, 7) is 0. The number of aromatic amines is 1. The number of hydrogen-bond donors (Lipinski definition) is 2. The van der Waals surface area contributed by atoms with Crippen LogP contribution in [-0.4, -0.2) is 27.2 Å². The lowest BCUT2D eigenvalue weighted by atomic mass is 10.0. The first-order valence-electron chi connectivity index (χ1n) is 8.99. The Morgan fingerprint density at radius 3 is 2.45 bits per heavy atom. The number of H-pyrrole nitrogens is 1. The topological polar surface area (TPSA) is 86.3 Å². The standard InChI is InChI=1S/C22H15N3O3S/c26-21-19-17(18(23-24-19)13-5-2-1-3-6-13)20(16-7-4-12-29-16)25(21)15-10-8-14(9-11-15)22(27)28/h1-12,20H,(H,23,24)(H,27,28)/t20-/m0/s1. The molecule has 6 nitrogen and oxygen atoms in total. The molecule has 0 spiro atoms. The molecular formula is C22H15N3O3S. The van der Waals surface area contributed by atoms with Gasteiger partial charge in [-0.05, 0) is 35.7 Å². The highest BCUT2D eigenvalue weighted by molar-refractivity contribution is 7.10. The van der Waals surface area contributed by atoms with Crippen LogP contribution < -0.4 is 4.90 Å². The minimum absolute atomic E-state index is 0.179. The van der Waals surface area contributed by atoms with Crippen LogP contribution in [0.2, 0.25) is 0 Å². The highest BCUT2D eigenvalue weighted by atomic mass is 32.1. The normalized spacial score (nSPS) is 15.5. The molecule has 1 atom stereocenters. The van der Waals surface area contributed by atoms with Gasteiger partial charge in [0.05, 0.1) is 11.3 Å². The predicted molar refractivity (Wildman–Crippen MR) is 110 cm³/mol. The van der Waals surface area contributed by atoms with Crippen LogP contribution in [-0.2, 0) is 0 Å². The Balaban J connectivity index is 1.67. The molecule has 0 saturated heterocycles. The number of fused-ring (bicyclic) bond motifs is 1. The Kier molecular flexibility index (Phi) is 4.03. The molecule has 4 aromatic rings. The first-order valence-corrected chi connectivity index (χ1v) is 9.87. The predicted octanol–water partition coefficient (Wildman–Crippen LogP) is 4.59. The number of aromatic carboxylic acids is 1. The molecule has 1 amide bonds. The highest BCUT2D eigenvalue weighted by Crippen LogP contribution is 2.46. The number of hydrogen-bond acceptors (Lipinski definition) is 4. The van der Waals surface area contributed by atoms with Crippen LogP contribution in [0.5, 0.6) is 0 Å². The Bertz CT molecular complexity index is 1200. The Morgan fingerprint density at radius 2 is 1.79 bits per heavy atom. The summed E-state index contributed by atoms with van der Waals surface area (Å²) in [7, 11) is 0. The average Bonchev–Trinajstić information content (AvgIpc) is 3.47. The van der Waals surface area contributed by atoms with Crippen molar-refractivity contribution >= 4 is 28.9 Å². The maximum atomic E-state index is 13.3. The maximum absolute atomic E-state index is 13.3. The van der Waals surface area contributed by atoms with Crippen molar-refractivity contribution in [1.82, 2.24) is 10.2 Å². The van der Waals surface area contributed by atoms with Gasteiger partial charge in [-0.3, -0.25) is 14.8 Å². The molecule has 5 rings (SSSR count). The number of anilines is 1. The highest BCUT2D eigenvalue weighted by Gasteiger charge is 2.43. The number of carbonyl (C=O) groups excluding carboxylic acids is 1. The van der Waals surface area contributed by atoms with Crippen molar-refractivity contribution in [2.24, 2.45) is 0 Å². The number of carboxylic acids is 1. The van der Waals surface area contributed by atoms with E-state index in [1.807, 2.05) is 47.8 Å². The molecule has 0 radical (unpaired) electrons. The Labute approximate surface area is 170 Å². The van der Waals surface area contributed by atoms with Gasteiger partial charge in [0, 0.05) is 21.7 Å². The van der Waals surface area contributed by atoms with E-state index in [2.05, 4.69) is 10.2 Å². The number of carbonyl (C=O) groups is 2. The van der Waals surface area contributed by atoms with E-state index in [0.717, 1.165) is 21.7 Å². The molecule has 0 fully saturated rings. The number of nitrogens with zero attached hydrogens (tertiary/aromatic N) is 2. The van der Waals surface area contributed by atoms with Gasteiger partial charge < -0.3 is 5.11 Å². The number of benzene rings is 2. The van der Waals surface area contributed by atoms with Gasteiger partial charge in [0.1, 0.15) is 11.7 Å². The van der Waals surface area contributed by atoms with Gasteiger partial charge in [0.15, 0.2) is 0 Å². The molecule has 2 aromatic carbocycles. The molecule has 0 aliphatic carbocycles. The van der Waals surface area contributed by atoms with E-state index in [-0.39, 0.29) is 17.5 Å². The lowest BCUT2D eigenvalue weighted by molar-refractivity contribution is 0.0696. The Hall–Kier alpha value is -3.71. The monoisotopic (exact) mass is 401 g/mol. The van der Waals surface area contributed by atoms with E-state index in [9.17, 15) is 14.7 Å². The lowest BCUT2D eigenvalue weighted by Gasteiger charge is -2.25. The molecular weight excluding hydrogens is 386 g/mol. The zero-order valence-corrected chi connectivity index (χ0v) is 15.9. The van der Waals surface area contributed by atoms with E-state index < -0.39 is 5.97 Å². The fourth-order valence-corrected chi connectivity index (χ4v) is 4.53. The molecule has 2 N–H and O–H groups in total. The molecule has 0 bridgehead atoms. The molecule has 3 heterocycles. The quantitative estimate of drug-likeness (QED) is 0.524. The second-order valence-corrected chi connectivity index (χ2v) is 7.65. The van der Waals surface area contributed by atoms with E-state index in [0.29, 0.717) is 11.4 Å². The number of thiophene rings is 1. The average molecular weight is 401 g/mol. The van der Waals surface area contributed by atoms with Crippen LogP contribution in [0.3, 0.4) is 0 Å². The molecule has 0 unspecified atom stereocenters. The summed E-state index contributed by atoms with van der Waals surface area (Å²) in [6.07, 6.45) is 0. The van der Waals surface area contributed by atoms with Crippen LogP contribution in [0, 0.1) is 0 Å². The third-order valence-electron chi connectivity index (χ3n) is 5.02. The van der Waals surface area contributed by atoms with Crippen LogP contribution in [0.1, 0.15) is 37.3 Å². The van der Waals surface area contributed by atoms with Gasteiger partial charge in [0.2, 0.25) is 0 Å². The van der Waals surface area contributed by atoms with E-state index in [1.54, 1.807) is 28.4 Å². The van der Waals surface area contributed by atoms with Crippen molar-refractivity contribution in [2.75, 3.05) is 4.90 Å². The van der Waals surface area contributed by atoms with Crippen molar-refractivity contribution in [1.29, 1.82) is 0 Å². The van der Waals surface area contributed by atoms with Crippen LogP contribution >= 0.6 is 11.3 Å². The lowest BCUT2D eigenvalue weighted by Crippen LogP contribution is -2.28. The van der Waals surface area contributed by atoms with Gasteiger partial charge in [-0.25, -0.2) is 4.79 Å². The maximum Gasteiger partial charge on any atom is 0.335 e. The number of carboxylic acid groups (broad SMARTS) is 1. The summed E-state index contributed by atoms with van der Waals surface area (Å²) >= 11 is 1.57. The molecule has 7 heteroatoms. The molecule has 142 valence electrons. The van der Waals surface area contributed by atoms with Gasteiger partial charge in [-0.2, -0.15) is 5.10 Å². The van der Waals surface area contributed by atoms with Gasteiger partial charge >= 0.3 is 5.97 Å². The molecule has 0 saturated carbocycles. The van der Waals surface area contributed by atoms with Gasteiger partial charge in [-0.1, -0.05) is 36.4 Å². The van der Waals surface area contributed by atoms with Crippen LogP contribution in [0.15, 0.2) is 72.1 Å². The number of nitrogens with one attached hydrogen (secondary N) is 1. The van der Waals surface area contributed by atoms with Crippen molar-refractivity contribution in [2.45, 2.75) is 6.04 Å². The summed E-state index contributed by atoms with van der Waals surface area (Å²) in [6, 6.07) is 19.7. The fraction of sp³-hybridized carbons (Fsp3) is 0.0455. The number of amides is 1. The van der Waals surface area contributed by atoms with Crippen molar-refractivity contribution in [3.8, 4) is 11.3 Å². The smallest absolute Gasteiger partial charge is 0.335 e. The van der Waals surface area contributed by atoms with Crippen molar-refractivity contribution in [3.05, 3.63) is 93.8 Å². The molecule has 1 aliphatic heterocycles. The van der Waals surface area contributed by atoms with E-state index in [4.69, 9.17) is 0 Å². The van der Waals surface area contributed by atoms with Crippen molar-refractivity contribution in [3.63, 3.8) is 0 Å². The van der Waals surface area contributed by atoms with Crippen LogP contribution in [0.25, 0.3) is 11.3 Å². The summed E-state index contributed by atoms with van der Waals surface area (Å²) in [5.41, 5.74) is 3.80. The van der Waals surface area contributed by atoms with Gasteiger partial charge in [-0.15, -0.1) is 11.3 Å². The van der Waals surface area contributed by atoms with Crippen molar-refractivity contribution < 1.29 is 14.7 Å². The van der Waals surface area contributed by atoms with E-state index in [1.165, 1.54) is 12.1 Å². The number of rotatable bonds is 4. The fourth-order valence-electron chi connectivity index (χ4n) is 3.71. The number of aromatic nitrogens is 2. The Morgan fingerprint density at radius 1 is 1.03 bits per heavy atom. The zero-order valence-electron chi connectivity index (χ0n) is 15.1. The minimum atomic E-state index is -1.00. The summed E-state index contributed by atoms with van der Waals surface area (Å²) < 4.78 is 0. The first kappa shape index (κ1) is 17.4. The summed E-state index contributed by atoms with van der Waals surface area (Å²) in [5.74, 6) is -1.18. The summed E-state index contributed by atoms with van der Waals surface area (Å²) in [4.78, 5) is 27.2. The third kappa shape index (κ3) is 2.75. The molecule has 1 aliphatic rings. The molecule has 2 aromatic heterocycles. The van der Waals surface area contributed by atoms with Crippen LogP contribution in [0.4, 0.5) is 5.69 Å². The molecule has 29 heavy (non-hydrogen) atoms. The third-order valence-corrected chi connectivity index (χ3v) is 5.95. The zero-order chi connectivity index (χ0) is 20.0. The second kappa shape index (κ2) is 6.72.